The smallest absolute Gasteiger partial charge is 0.126 e. The Morgan fingerprint density at radius 1 is 1.47 bits per heavy atom. The van der Waals surface area contributed by atoms with Crippen molar-refractivity contribution in [3.63, 3.8) is 0 Å². The third-order valence-electron chi connectivity index (χ3n) is 2.55. The summed E-state index contributed by atoms with van der Waals surface area (Å²) in [4.78, 5) is 0. The highest BCUT2D eigenvalue weighted by Gasteiger charge is 2.04. The van der Waals surface area contributed by atoms with Gasteiger partial charge in [-0.3, -0.25) is 0 Å². The van der Waals surface area contributed by atoms with E-state index in [2.05, 4.69) is 22.9 Å². The van der Waals surface area contributed by atoms with Gasteiger partial charge in [0.2, 0.25) is 0 Å². The third kappa shape index (κ3) is 4.31. The first-order valence-corrected chi connectivity index (χ1v) is 6.12. The molecule has 2 N–H and O–H groups in total. The van der Waals surface area contributed by atoms with Crippen LogP contribution in [-0.4, -0.2) is 6.04 Å². The Morgan fingerprint density at radius 3 is 2.87 bits per heavy atom. The van der Waals surface area contributed by atoms with Crippen LogP contribution in [0, 0.1) is 5.82 Å². The summed E-state index contributed by atoms with van der Waals surface area (Å²) in [6, 6.07) is 5.31. The van der Waals surface area contributed by atoms with Crippen molar-refractivity contribution in [3.05, 3.63) is 34.1 Å². The van der Waals surface area contributed by atoms with Crippen molar-refractivity contribution in [2.45, 2.75) is 38.6 Å². The molecule has 0 bridgehead atoms. The fourth-order valence-corrected chi connectivity index (χ4v) is 1.90. The largest absolute Gasteiger partial charge is 0.328 e. The number of rotatable bonds is 5. The van der Waals surface area contributed by atoms with Crippen molar-refractivity contribution in [1.82, 2.24) is 0 Å². The molecule has 0 saturated carbocycles. The molecule has 1 nitrogen and oxygen atoms in total. The van der Waals surface area contributed by atoms with Crippen LogP contribution in [0.3, 0.4) is 0 Å². The summed E-state index contributed by atoms with van der Waals surface area (Å²) in [7, 11) is 0. The minimum absolute atomic E-state index is 0.122. The Kier molecular flexibility index (Phi) is 5.26. The van der Waals surface area contributed by atoms with E-state index in [1.54, 1.807) is 6.07 Å². The van der Waals surface area contributed by atoms with Gasteiger partial charge in [-0.1, -0.05) is 22.9 Å². The van der Waals surface area contributed by atoms with Gasteiger partial charge in [-0.25, -0.2) is 4.39 Å². The number of benzene rings is 1. The molecule has 1 aromatic carbocycles. The first-order valence-electron chi connectivity index (χ1n) is 5.33. The maximum Gasteiger partial charge on any atom is 0.126 e. The molecule has 0 amide bonds. The van der Waals surface area contributed by atoms with Gasteiger partial charge in [-0.2, -0.15) is 0 Å². The summed E-state index contributed by atoms with van der Waals surface area (Å²) in [5, 5.41) is 0. The van der Waals surface area contributed by atoms with E-state index in [4.69, 9.17) is 5.73 Å². The molecule has 0 aliphatic carbocycles. The Labute approximate surface area is 99.0 Å². The normalized spacial score (nSPS) is 12.8. The topological polar surface area (TPSA) is 26.0 Å². The number of aryl methyl sites for hydroxylation is 1. The lowest BCUT2D eigenvalue weighted by atomic mass is 10.0. The Balaban J connectivity index is 2.46. The first kappa shape index (κ1) is 12.7. The van der Waals surface area contributed by atoms with E-state index >= 15 is 0 Å². The second-order valence-electron chi connectivity index (χ2n) is 3.80. The number of halogens is 2. The van der Waals surface area contributed by atoms with Crippen LogP contribution in [0.2, 0.25) is 0 Å². The van der Waals surface area contributed by atoms with Gasteiger partial charge in [0.25, 0.3) is 0 Å². The van der Waals surface area contributed by atoms with Crippen molar-refractivity contribution in [2.75, 3.05) is 0 Å². The van der Waals surface area contributed by atoms with E-state index in [1.807, 2.05) is 6.07 Å². The van der Waals surface area contributed by atoms with E-state index in [1.165, 1.54) is 6.07 Å². The van der Waals surface area contributed by atoms with Crippen LogP contribution >= 0.6 is 15.9 Å². The molecule has 0 aliphatic heterocycles. The standard InChI is InChI=1S/C12H17BrFN/c1-2-11(15)5-3-4-9-8-10(13)6-7-12(9)14/h6-8,11H,2-5,15H2,1H3. The van der Waals surface area contributed by atoms with E-state index in [0.717, 1.165) is 35.7 Å². The average molecular weight is 274 g/mol. The highest BCUT2D eigenvalue weighted by atomic mass is 79.9. The molecule has 84 valence electrons. The minimum Gasteiger partial charge on any atom is -0.328 e. The van der Waals surface area contributed by atoms with Gasteiger partial charge in [0.15, 0.2) is 0 Å². The Bertz CT molecular complexity index is 314. The van der Waals surface area contributed by atoms with Crippen molar-refractivity contribution in [2.24, 2.45) is 5.73 Å². The maximum absolute atomic E-state index is 13.3. The Hall–Kier alpha value is -0.410. The monoisotopic (exact) mass is 273 g/mol. The predicted octanol–water partition coefficient (Wildman–Crippen LogP) is 3.65. The minimum atomic E-state index is -0.122. The zero-order valence-corrected chi connectivity index (χ0v) is 10.6. The molecule has 0 spiro atoms. The number of hydrogen-bond acceptors (Lipinski definition) is 1. The van der Waals surface area contributed by atoms with Gasteiger partial charge < -0.3 is 5.73 Å². The van der Waals surface area contributed by atoms with Crippen LogP contribution in [0.25, 0.3) is 0 Å². The summed E-state index contributed by atoms with van der Waals surface area (Å²) < 4.78 is 14.3. The van der Waals surface area contributed by atoms with Gasteiger partial charge in [-0.15, -0.1) is 0 Å². The molecule has 0 heterocycles. The van der Waals surface area contributed by atoms with Crippen molar-refractivity contribution < 1.29 is 4.39 Å². The van der Waals surface area contributed by atoms with Crippen LogP contribution in [0.5, 0.6) is 0 Å². The lowest BCUT2D eigenvalue weighted by molar-refractivity contribution is 0.553. The van der Waals surface area contributed by atoms with Crippen molar-refractivity contribution in [3.8, 4) is 0 Å². The third-order valence-corrected chi connectivity index (χ3v) is 3.05. The molecule has 1 aromatic rings. The lowest BCUT2D eigenvalue weighted by Gasteiger charge is -2.08. The molecule has 15 heavy (non-hydrogen) atoms. The van der Waals surface area contributed by atoms with Gasteiger partial charge in [0.05, 0.1) is 0 Å². The molecule has 0 saturated heterocycles. The van der Waals surface area contributed by atoms with E-state index < -0.39 is 0 Å². The fraction of sp³-hybridized carbons (Fsp3) is 0.500. The molecule has 0 aliphatic rings. The molecule has 3 heteroatoms. The molecule has 0 aromatic heterocycles. The lowest BCUT2D eigenvalue weighted by Crippen LogP contribution is -2.18. The summed E-state index contributed by atoms with van der Waals surface area (Å²) in [5.74, 6) is -0.122. The van der Waals surface area contributed by atoms with Gasteiger partial charge in [-0.05, 0) is 49.4 Å². The molecular formula is C12H17BrFN. The first-order chi connectivity index (χ1) is 7.13. The SMILES string of the molecule is CCC(N)CCCc1cc(Br)ccc1F. The highest BCUT2D eigenvalue weighted by molar-refractivity contribution is 9.10. The van der Waals surface area contributed by atoms with Gasteiger partial charge in [0, 0.05) is 10.5 Å². The van der Waals surface area contributed by atoms with Crippen molar-refractivity contribution in [1.29, 1.82) is 0 Å². The predicted molar refractivity (Wildman–Crippen MR) is 65.3 cm³/mol. The Morgan fingerprint density at radius 2 is 2.20 bits per heavy atom. The van der Waals surface area contributed by atoms with Crippen LogP contribution < -0.4 is 5.73 Å². The van der Waals surface area contributed by atoms with Gasteiger partial charge >= 0.3 is 0 Å². The van der Waals surface area contributed by atoms with Crippen LogP contribution in [0.4, 0.5) is 4.39 Å². The highest BCUT2D eigenvalue weighted by Crippen LogP contribution is 2.17. The molecule has 1 rings (SSSR count). The summed E-state index contributed by atoms with van der Waals surface area (Å²) in [6.45, 7) is 2.07. The van der Waals surface area contributed by atoms with Crippen LogP contribution in [0.15, 0.2) is 22.7 Å². The number of nitrogens with two attached hydrogens (primary N) is 1. The van der Waals surface area contributed by atoms with E-state index in [9.17, 15) is 4.39 Å². The quantitative estimate of drug-likeness (QED) is 0.871. The van der Waals surface area contributed by atoms with Crippen LogP contribution in [0.1, 0.15) is 31.7 Å². The van der Waals surface area contributed by atoms with Crippen LogP contribution in [-0.2, 0) is 6.42 Å². The second kappa shape index (κ2) is 6.23. The molecule has 0 radical (unpaired) electrons. The van der Waals surface area contributed by atoms with E-state index in [-0.39, 0.29) is 11.9 Å². The van der Waals surface area contributed by atoms with Crippen molar-refractivity contribution >= 4 is 15.9 Å². The summed E-state index contributed by atoms with van der Waals surface area (Å²) in [5.41, 5.74) is 6.57. The maximum atomic E-state index is 13.3. The molecule has 0 fully saturated rings. The zero-order valence-electron chi connectivity index (χ0n) is 8.97. The molecular weight excluding hydrogens is 257 g/mol. The number of hydrogen-bond donors (Lipinski definition) is 1. The summed E-state index contributed by atoms with van der Waals surface area (Å²) in [6.07, 6.45) is 3.66. The zero-order chi connectivity index (χ0) is 11.3. The fourth-order valence-electron chi connectivity index (χ4n) is 1.49. The van der Waals surface area contributed by atoms with E-state index in [0.29, 0.717) is 0 Å². The van der Waals surface area contributed by atoms with Gasteiger partial charge in [0.1, 0.15) is 5.82 Å². The molecule has 1 atom stereocenters. The second-order valence-corrected chi connectivity index (χ2v) is 4.71. The molecule has 1 unspecified atom stereocenters. The average Bonchev–Trinajstić information content (AvgIpc) is 2.23. The summed E-state index contributed by atoms with van der Waals surface area (Å²) >= 11 is 3.34.